The van der Waals surface area contributed by atoms with Crippen molar-refractivity contribution in [2.24, 2.45) is 0 Å². The predicted molar refractivity (Wildman–Crippen MR) is 75.0 cm³/mol. The summed E-state index contributed by atoms with van der Waals surface area (Å²) in [6.45, 7) is 3.30. The van der Waals surface area contributed by atoms with Crippen molar-refractivity contribution in [3.8, 4) is 11.3 Å². The highest BCUT2D eigenvalue weighted by atomic mass is 16.3. The number of hydrogen-bond acceptors (Lipinski definition) is 4. The second-order valence-electron chi connectivity index (χ2n) is 5.42. The van der Waals surface area contributed by atoms with Gasteiger partial charge in [-0.25, -0.2) is 9.97 Å². The highest BCUT2D eigenvalue weighted by Gasteiger charge is 2.21. The first-order valence-electron chi connectivity index (χ1n) is 6.42. The Hall–Kier alpha value is -2.27. The molecule has 1 amide bonds. The van der Waals surface area contributed by atoms with E-state index in [9.17, 15) is 9.90 Å². The first kappa shape index (κ1) is 12.7. The molecule has 0 radical (unpaired) electrons. The molecule has 0 atom stereocenters. The number of anilines is 1. The zero-order valence-corrected chi connectivity index (χ0v) is 11.3. The van der Waals surface area contributed by atoms with Crippen molar-refractivity contribution < 1.29 is 9.90 Å². The van der Waals surface area contributed by atoms with E-state index in [1.54, 1.807) is 26.1 Å². The zero-order chi connectivity index (χ0) is 14.3. The summed E-state index contributed by atoms with van der Waals surface area (Å²) in [5.41, 5.74) is 2.39. The number of carbonyl (C=O) groups excluding carboxylic acids is 1. The number of nitrogens with zero attached hydrogens (tertiary/aromatic N) is 2. The van der Waals surface area contributed by atoms with E-state index < -0.39 is 5.60 Å². The van der Waals surface area contributed by atoms with E-state index in [1.165, 1.54) is 0 Å². The van der Waals surface area contributed by atoms with Crippen LogP contribution in [0.3, 0.4) is 0 Å². The maximum absolute atomic E-state index is 11.4. The normalized spacial score (nSPS) is 14.1. The number of hydrogen-bond donors (Lipinski definition) is 2. The Kier molecular flexibility index (Phi) is 2.79. The van der Waals surface area contributed by atoms with Crippen LogP contribution in [0.15, 0.2) is 30.5 Å². The van der Waals surface area contributed by atoms with Gasteiger partial charge in [-0.05, 0) is 37.6 Å². The highest BCUT2D eigenvalue weighted by molar-refractivity contribution is 5.99. The van der Waals surface area contributed by atoms with Gasteiger partial charge in [0, 0.05) is 17.4 Å². The molecular weight excluding hydrogens is 254 g/mol. The van der Waals surface area contributed by atoms with Crippen molar-refractivity contribution in [2.75, 3.05) is 5.32 Å². The fraction of sp³-hybridized carbons (Fsp3) is 0.267. The monoisotopic (exact) mass is 269 g/mol. The lowest BCUT2D eigenvalue weighted by molar-refractivity contribution is -0.115. The van der Waals surface area contributed by atoms with Crippen molar-refractivity contribution in [3.05, 3.63) is 41.9 Å². The Balaban J connectivity index is 2.02. The van der Waals surface area contributed by atoms with Crippen LogP contribution in [-0.4, -0.2) is 21.0 Å². The third-order valence-electron chi connectivity index (χ3n) is 3.23. The van der Waals surface area contributed by atoms with E-state index in [1.807, 2.05) is 18.2 Å². The van der Waals surface area contributed by atoms with E-state index in [4.69, 9.17) is 0 Å². The molecule has 1 aromatic carbocycles. The number of aromatic nitrogens is 2. The number of fused-ring (bicyclic) bond motifs is 1. The van der Waals surface area contributed by atoms with Gasteiger partial charge in [0.1, 0.15) is 5.60 Å². The summed E-state index contributed by atoms with van der Waals surface area (Å²) in [7, 11) is 0. The van der Waals surface area contributed by atoms with Gasteiger partial charge in [-0.1, -0.05) is 6.07 Å². The molecule has 0 unspecified atom stereocenters. The predicted octanol–water partition coefficient (Wildman–Crippen LogP) is 1.87. The highest BCUT2D eigenvalue weighted by Crippen LogP contribution is 2.28. The van der Waals surface area contributed by atoms with Gasteiger partial charge in [-0.2, -0.15) is 0 Å². The molecule has 0 saturated carbocycles. The SMILES string of the molecule is CC(C)(O)c1nccc(-c2ccc3c(c2)CC(=O)N3)n1. The Morgan fingerprint density at radius 1 is 1.30 bits per heavy atom. The van der Waals surface area contributed by atoms with Crippen molar-refractivity contribution in [2.45, 2.75) is 25.9 Å². The van der Waals surface area contributed by atoms with Gasteiger partial charge in [0.15, 0.2) is 5.82 Å². The minimum atomic E-state index is -1.08. The number of rotatable bonds is 2. The van der Waals surface area contributed by atoms with Gasteiger partial charge < -0.3 is 10.4 Å². The molecule has 1 aromatic heterocycles. The molecule has 0 saturated heterocycles. The number of carbonyl (C=O) groups is 1. The smallest absolute Gasteiger partial charge is 0.228 e. The van der Waals surface area contributed by atoms with Crippen LogP contribution < -0.4 is 5.32 Å². The fourth-order valence-electron chi connectivity index (χ4n) is 2.20. The Morgan fingerprint density at radius 3 is 2.85 bits per heavy atom. The van der Waals surface area contributed by atoms with Crippen LogP contribution in [0.2, 0.25) is 0 Å². The van der Waals surface area contributed by atoms with Crippen molar-refractivity contribution in [1.82, 2.24) is 9.97 Å². The van der Waals surface area contributed by atoms with Crippen molar-refractivity contribution >= 4 is 11.6 Å². The fourth-order valence-corrected chi connectivity index (χ4v) is 2.20. The summed E-state index contributed by atoms with van der Waals surface area (Å²) in [4.78, 5) is 19.8. The first-order valence-corrected chi connectivity index (χ1v) is 6.42. The van der Waals surface area contributed by atoms with Crippen LogP contribution >= 0.6 is 0 Å². The minimum absolute atomic E-state index is 0.0111. The number of amides is 1. The average Bonchev–Trinajstić information content (AvgIpc) is 2.77. The molecule has 1 aliphatic heterocycles. The first-order chi connectivity index (χ1) is 9.43. The topological polar surface area (TPSA) is 75.1 Å². The van der Waals surface area contributed by atoms with Gasteiger partial charge in [-0.3, -0.25) is 4.79 Å². The summed E-state index contributed by atoms with van der Waals surface area (Å²) in [5, 5.41) is 12.8. The molecule has 0 spiro atoms. The van der Waals surface area contributed by atoms with E-state index in [0.29, 0.717) is 12.2 Å². The molecule has 2 heterocycles. The average molecular weight is 269 g/mol. The number of aliphatic hydroxyl groups is 1. The lowest BCUT2D eigenvalue weighted by atomic mass is 10.0. The van der Waals surface area contributed by atoms with E-state index >= 15 is 0 Å². The van der Waals surface area contributed by atoms with Crippen LogP contribution in [0.5, 0.6) is 0 Å². The van der Waals surface area contributed by atoms with Crippen molar-refractivity contribution in [1.29, 1.82) is 0 Å². The molecule has 3 rings (SSSR count). The quantitative estimate of drug-likeness (QED) is 0.872. The second kappa shape index (κ2) is 4.38. The summed E-state index contributed by atoms with van der Waals surface area (Å²) in [6.07, 6.45) is 2.03. The summed E-state index contributed by atoms with van der Waals surface area (Å²) < 4.78 is 0. The number of nitrogens with one attached hydrogen (secondary N) is 1. The standard InChI is InChI=1S/C15H15N3O2/c1-15(2,20)14-16-6-5-12(18-14)9-3-4-11-10(7-9)8-13(19)17-11/h3-7,20H,8H2,1-2H3,(H,17,19). The van der Waals surface area contributed by atoms with E-state index in [-0.39, 0.29) is 5.91 Å². The van der Waals surface area contributed by atoms with Gasteiger partial charge in [0.05, 0.1) is 12.1 Å². The van der Waals surface area contributed by atoms with Crippen LogP contribution in [0.1, 0.15) is 25.2 Å². The molecule has 1 aliphatic rings. The van der Waals surface area contributed by atoms with Gasteiger partial charge in [-0.15, -0.1) is 0 Å². The molecule has 0 fully saturated rings. The van der Waals surface area contributed by atoms with Crippen LogP contribution in [0.4, 0.5) is 5.69 Å². The summed E-state index contributed by atoms with van der Waals surface area (Å²) in [5.74, 6) is 0.390. The van der Waals surface area contributed by atoms with E-state index in [0.717, 1.165) is 22.5 Å². The molecule has 0 aliphatic carbocycles. The molecule has 2 N–H and O–H groups in total. The second-order valence-corrected chi connectivity index (χ2v) is 5.42. The van der Waals surface area contributed by atoms with Crippen molar-refractivity contribution in [3.63, 3.8) is 0 Å². The van der Waals surface area contributed by atoms with E-state index in [2.05, 4.69) is 15.3 Å². The lowest BCUT2D eigenvalue weighted by Crippen LogP contribution is -2.19. The van der Waals surface area contributed by atoms with Gasteiger partial charge in [0.2, 0.25) is 5.91 Å². The Bertz CT molecular complexity index is 690. The molecule has 0 bridgehead atoms. The molecule has 20 heavy (non-hydrogen) atoms. The van der Waals surface area contributed by atoms with Gasteiger partial charge >= 0.3 is 0 Å². The minimum Gasteiger partial charge on any atom is -0.382 e. The molecule has 2 aromatic rings. The molecular formula is C15H15N3O2. The molecule has 102 valence electrons. The third kappa shape index (κ3) is 2.28. The molecule has 5 heteroatoms. The van der Waals surface area contributed by atoms with Gasteiger partial charge in [0.25, 0.3) is 0 Å². The van der Waals surface area contributed by atoms with Crippen LogP contribution in [0, 0.1) is 0 Å². The maximum atomic E-state index is 11.4. The Morgan fingerprint density at radius 2 is 2.10 bits per heavy atom. The maximum Gasteiger partial charge on any atom is 0.228 e. The largest absolute Gasteiger partial charge is 0.382 e. The summed E-state index contributed by atoms with van der Waals surface area (Å²) in [6, 6.07) is 7.52. The lowest BCUT2D eigenvalue weighted by Gasteiger charge is -2.15. The summed E-state index contributed by atoms with van der Waals surface area (Å²) >= 11 is 0. The molecule has 5 nitrogen and oxygen atoms in total. The van der Waals surface area contributed by atoms with Crippen LogP contribution in [-0.2, 0) is 16.8 Å². The van der Waals surface area contributed by atoms with Crippen LogP contribution in [0.25, 0.3) is 11.3 Å². The zero-order valence-electron chi connectivity index (χ0n) is 11.3. The Labute approximate surface area is 116 Å². The third-order valence-corrected chi connectivity index (χ3v) is 3.23. The number of benzene rings is 1.